The number of benzene rings is 1. The van der Waals surface area contributed by atoms with E-state index in [0.29, 0.717) is 25.0 Å². The molecule has 1 heterocycles. The van der Waals surface area contributed by atoms with Crippen LogP contribution in [0.15, 0.2) is 12.1 Å². The lowest BCUT2D eigenvalue weighted by Crippen LogP contribution is -2.52. The van der Waals surface area contributed by atoms with E-state index in [1.807, 2.05) is 0 Å². The Labute approximate surface area is 125 Å². The van der Waals surface area contributed by atoms with Crippen LogP contribution >= 0.6 is 11.6 Å². The van der Waals surface area contributed by atoms with E-state index in [1.165, 1.54) is 0 Å². The molecule has 0 bridgehead atoms. The number of halogens is 3. The minimum atomic E-state index is -1.36. The Kier molecular flexibility index (Phi) is 4.18. The summed E-state index contributed by atoms with van der Waals surface area (Å²) >= 11 is 5.45. The van der Waals surface area contributed by atoms with Gasteiger partial charge in [0.2, 0.25) is 0 Å². The number of carboxylic acids is 1. The highest BCUT2D eigenvalue weighted by atomic mass is 35.5. The van der Waals surface area contributed by atoms with Crippen molar-refractivity contribution in [2.24, 2.45) is 0 Å². The lowest BCUT2D eigenvalue weighted by Gasteiger charge is -2.34. The highest BCUT2D eigenvalue weighted by Crippen LogP contribution is 2.34. The van der Waals surface area contributed by atoms with E-state index in [4.69, 9.17) is 11.6 Å². The second kappa shape index (κ2) is 5.60. The van der Waals surface area contributed by atoms with Gasteiger partial charge in [-0.1, -0.05) is 18.5 Å². The summed E-state index contributed by atoms with van der Waals surface area (Å²) in [6.45, 7) is 1.85. The Bertz CT molecular complexity index is 608. The average molecular weight is 318 g/mol. The second-order valence-electron chi connectivity index (χ2n) is 5.00. The maximum absolute atomic E-state index is 13.8. The first-order chi connectivity index (χ1) is 9.83. The van der Waals surface area contributed by atoms with Crippen LogP contribution in [0.2, 0.25) is 5.02 Å². The number of aliphatic carboxylic acids is 1. The molecule has 0 spiro atoms. The molecule has 1 aliphatic heterocycles. The Morgan fingerprint density at radius 2 is 2.05 bits per heavy atom. The molecule has 7 heteroatoms. The second-order valence-corrected chi connectivity index (χ2v) is 5.40. The fraction of sp³-hybridized carbons (Fsp3) is 0.429. The molecule has 1 aliphatic rings. The van der Waals surface area contributed by atoms with Gasteiger partial charge in [0.05, 0.1) is 10.6 Å². The summed E-state index contributed by atoms with van der Waals surface area (Å²) in [5.41, 5.74) is -1.86. The summed E-state index contributed by atoms with van der Waals surface area (Å²) < 4.78 is 27.3. The van der Waals surface area contributed by atoms with Crippen LogP contribution in [0.4, 0.5) is 8.78 Å². The van der Waals surface area contributed by atoms with Crippen LogP contribution in [0, 0.1) is 11.6 Å². The van der Waals surface area contributed by atoms with Crippen molar-refractivity contribution < 1.29 is 23.5 Å². The monoisotopic (exact) mass is 317 g/mol. The standard InChI is InChI=1S/C14H14ClF2NO3/c1-2-14(13(20)21)4-3-5-18(14)12(19)8-6-11(17)9(15)7-10(8)16/h6-7H,2-5H2,1H3,(H,20,21). The molecule has 1 N–H and O–H groups in total. The van der Waals surface area contributed by atoms with Gasteiger partial charge in [0.25, 0.3) is 5.91 Å². The first-order valence-corrected chi connectivity index (χ1v) is 6.91. The molecule has 0 radical (unpaired) electrons. The fourth-order valence-corrected chi connectivity index (χ4v) is 2.90. The zero-order valence-corrected chi connectivity index (χ0v) is 12.1. The van der Waals surface area contributed by atoms with E-state index in [0.717, 1.165) is 4.90 Å². The summed E-state index contributed by atoms with van der Waals surface area (Å²) in [5.74, 6) is -3.85. The molecule has 21 heavy (non-hydrogen) atoms. The number of amides is 1. The van der Waals surface area contributed by atoms with Crippen LogP contribution in [0.5, 0.6) is 0 Å². The Morgan fingerprint density at radius 1 is 1.38 bits per heavy atom. The summed E-state index contributed by atoms with van der Waals surface area (Å²) in [4.78, 5) is 25.1. The first-order valence-electron chi connectivity index (χ1n) is 6.53. The quantitative estimate of drug-likeness (QED) is 0.872. The molecule has 0 aliphatic carbocycles. The zero-order chi connectivity index (χ0) is 15.8. The largest absolute Gasteiger partial charge is 0.479 e. The molecule has 0 aromatic heterocycles. The number of likely N-dealkylation sites (tertiary alicyclic amines) is 1. The highest BCUT2D eigenvalue weighted by molar-refractivity contribution is 6.30. The molecular formula is C14H14ClF2NO3. The van der Waals surface area contributed by atoms with Gasteiger partial charge in [-0.05, 0) is 31.4 Å². The third kappa shape index (κ3) is 2.48. The van der Waals surface area contributed by atoms with Gasteiger partial charge in [0, 0.05) is 6.54 Å². The highest BCUT2D eigenvalue weighted by Gasteiger charge is 2.49. The Morgan fingerprint density at radius 3 is 2.62 bits per heavy atom. The van der Waals surface area contributed by atoms with Crippen molar-refractivity contribution in [2.45, 2.75) is 31.7 Å². The smallest absolute Gasteiger partial charge is 0.329 e. The van der Waals surface area contributed by atoms with Gasteiger partial charge in [0.1, 0.15) is 17.2 Å². The molecule has 2 rings (SSSR count). The average Bonchev–Trinajstić information content (AvgIpc) is 2.87. The van der Waals surface area contributed by atoms with Gasteiger partial charge in [-0.3, -0.25) is 4.79 Å². The Hall–Kier alpha value is -1.69. The van der Waals surface area contributed by atoms with Crippen LogP contribution in [0.1, 0.15) is 36.5 Å². The zero-order valence-electron chi connectivity index (χ0n) is 11.3. The van der Waals surface area contributed by atoms with E-state index in [9.17, 15) is 23.5 Å². The van der Waals surface area contributed by atoms with Gasteiger partial charge in [-0.2, -0.15) is 0 Å². The van der Waals surface area contributed by atoms with Gasteiger partial charge in [0.15, 0.2) is 0 Å². The maximum Gasteiger partial charge on any atom is 0.329 e. The molecule has 1 aromatic rings. The summed E-state index contributed by atoms with van der Waals surface area (Å²) in [6, 6.07) is 1.43. The van der Waals surface area contributed by atoms with Crippen LogP contribution in [0.25, 0.3) is 0 Å². The molecule has 1 fully saturated rings. The van der Waals surface area contributed by atoms with Gasteiger partial charge < -0.3 is 10.0 Å². The van der Waals surface area contributed by atoms with E-state index in [1.54, 1.807) is 6.92 Å². The van der Waals surface area contributed by atoms with Crippen molar-refractivity contribution in [1.29, 1.82) is 0 Å². The van der Waals surface area contributed by atoms with Gasteiger partial charge in [-0.15, -0.1) is 0 Å². The molecule has 1 unspecified atom stereocenters. The number of rotatable bonds is 3. The van der Waals surface area contributed by atoms with Crippen LogP contribution in [-0.2, 0) is 4.79 Å². The SMILES string of the molecule is CCC1(C(=O)O)CCCN1C(=O)c1cc(F)c(Cl)cc1F. The van der Waals surface area contributed by atoms with Crippen molar-refractivity contribution in [3.8, 4) is 0 Å². The number of carbonyl (C=O) groups is 2. The molecule has 1 atom stereocenters. The van der Waals surface area contributed by atoms with E-state index >= 15 is 0 Å². The van der Waals surface area contributed by atoms with E-state index < -0.39 is 39.6 Å². The number of hydrogen-bond acceptors (Lipinski definition) is 2. The molecule has 1 amide bonds. The normalized spacial score (nSPS) is 21.6. The van der Waals surface area contributed by atoms with Gasteiger partial charge >= 0.3 is 5.97 Å². The van der Waals surface area contributed by atoms with Crippen molar-refractivity contribution >= 4 is 23.5 Å². The van der Waals surface area contributed by atoms with Crippen molar-refractivity contribution in [1.82, 2.24) is 4.90 Å². The molecule has 1 saturated heterocycles. The summed E-state index contributed by atoms with van der Waals surface area (Å²) in [6.07, 6.45) is 0.998. The number of nitrogens with zero attached hydrogens (tertiary/aromatic N) is 1. The predicted molar refractivity (Wildman–Crippen MR) is 72.3 cm³/mol. The van der Waals surface area contributed by atoms with Crippen molar-refractivity contribution in [3.63, 3.8) is 0 Å². The topological polar surface area (TPSA) is 57.6 Å². The van der Waals surface area contributed by atoms with E-state index in [2.05, 4.69) is 0 Å². The lowest BCUT2D eigenvalue weighted by molar-refractivity contribution is -0.148. The Balaban J connectivity index is 2.44. The van der Waals surface area contributed by atoms with Crippen molar-refractivity contribution in [3.05, 3.63) is 34.4 Å². The summed E-state index contributed by atoms with van der Waals surface area (Å²) in [5, 5.41) is 8.99. The lowest BCUT2D eigenvalue weighted by atomic mass is 9.92. The van der Waals surface area contributed by atoms with Crippen molar-refractivity contribution in [2.75, 3.05) is 6.54 Å². The molecule has 4 nitrogen and oxygen atoms in total. The number of carbonyl (C=O) groups excluding carboxylic acids is 1. The molecule has 1 aromatic carbocycles. The summed E-state index contributed by atoms with van der Waals surface area (Å²) in [7, 11) is 0. The third-order valence-electron chi connectivity index (χ3n) is 3.96. The number of hydrogen-bond donors (Lipinski definition) is 1. The first kappa shape index (κ1) is 15.7. The third-order valence-corrected chi connectivity index (χ3v) is 4.25. The van der Waals surface area contributed by atoms with Crippen LogP contribution < -0.4 is 0 Å². The predicted octanol–water partition coefficient (Wildman–Crippen LogP) is 3.09. The fourth-order valence-electron chi connectivity index (χ4n) is 2.75. The minimum Gasteiger partial charge on any atom is -0.479 e. The maximum atomic E-state index is 13.8. The molecule has 114 valence electrons. The van der Waals surface area contributed by atoms with E-state index in [-0.39, 0.29) is 13.0 Å². The molecular weight excluding hydrogens is 304 g/mol. The minimum absolute atomic E-state index is 0.197. The van der Waals surface area contributed by atoms with Crippen LogP contribution in [-0.4, -0.2) is 34.0 Å². The van der Waals surface area contributed by atoms with Gasteiger partial charge in [-0.25, -0.2) is 13.6 Å². The van der Waals surface area contributed by atoms with Crippen LogP contribution in [0.3, 0.4) is 0 Å². The molecule has 0 saturated carbocycles. The number of carboxylic acid groups (broad SMARTS) is 1.